The lowest BCUT2D eigenvalue weighted by molar-refractivity contribution is -0.0709. The van der Waals surface area contributed by atoms with Crippen LogP contribution in [0.1, 0.15) is 50.0 Å². The Hall–Kier alpha value is -2.08. The molecule has 4 aliphatic rings. The Labute approximate surface area is 212 Å². The zero-order valence-corrected chi connectivity index (χ0v) is 21.6. The van der Waals surface area contributed by atoms with Gasteiger partial charge < -0.3 is 0 Å². The molecule has 4 bridgehead atoms. The average molecular weight is 506 g/mol. The molecule has 4 aliphatic carbocycles. The largest absolute Gasteiger partial charge is 0.286 e. The highest BCUT2D eigenvalue weighted by atomic mass is 32.2. The predicted molar refractivity (Wildman–Crippen MR) is 141 cm³/mol. The third kappa shape index (κ3) is 4.71. The summed E-state index contributed by atoms with van der Waals surface area (Å²) in [6, 6.07) is 31.0. The van der Waals surface area contributed by atoms with E-state index in [9.17, 15) is 13.0 Å². The van der Waals surface area contributed by atoms with Crippen molar-refractivity contribution in [2.24, 2.45) is 23.2 Å². The van der Waals surface area contributed by atoms with Crippen LogP contribution in [0, 0.1) is 23.2 Å². The molecule has 4 saturated carbocycles. The topological polar surface area (TPSA) is 54.4 Å². The van der Waals surface area contributed by atoms with Gasteiger partial charge >= 0.3 is 0 Å². The van der Waals surface area contributed by atoms with Crippen LogP contribution in [0.15, 0.2) is 99.6 Å². The molecule has 0 spiro atoms. The van der Waals surface area contributed by atoms with Gasteiger partial charge in [0.05, 0.1) is 16.6 Å². The second-order valence-corrected chi connectivity index (χ2v) is 14.6. The van der Waals surface area contributed by atoms with E-state index in [1.165, 1.54) is 33.1 Å². The monoisotopic (exact) mass is 505 g/mol. The third-order valence-electron chi connectivity index (χ3n) is 8.73. The zero-order chi connectivity index (χ0) is 24.0. The van der Waals surface area contributed by atoms with Crippen molar-refractivity contribution < 1.29 is 13.0 Å². The van der Waals surface area contributed by atoms with Gasteiger partial charge in [0.1, 0.15) is 0 Å². The molecule has 0 heterocycles. The highest BCUT2D eigenvalue weighted by molar-refractivity contribution is 7.97. The molecule has 3 aromatic carbocycles. The molecule has 1 N–H and O–H groups in total. The van der Waals surface area contributed by atoms with Gasteiger partial charge in [-0.2, -0.15) is 8.42 Å². The summed E-state index contributed by atoms with van der Waals surface area (Å²) in [6.07, 6.45) is 6.51. The van der Waals surface area contributed by atoms with Crippen LogP contribution in [-0.4, -0.2) is 18.7 Å². The average Bonchev–Trinajstić information content (AvgIpc) is 2.84. The zero-order valence-electron chi connectivity index (χ0n) is 19.9. The van der Waals surface area contributed by atoms with Crippen molar-refractivity contribution in [2.75, 3.05) is 5.75 Å². The molecule has 182 valence electrons. The molecule has 7 rings (SSSR count). The third-order valence-corrected chi connectivity index (χ3v) is 11.7. The fourth-order valence-electron chi connectivity index (χ4n) is 7.76. The molecule has 0 amide bonds. The lowest BCUT2D eigenvalue weighted by atomic mass is 9.45. The molecular weight excluding hydrogens is 472 g/mol. The fourth-order valence-corrected chi connectivity index (χ4v) is 10.6. The predicted octanol–water partition coefficient (Wildman–Crippen LogP) is 6.97. The number of hydrogen-bond donors (Lipinski definition) is 1. The summed E-state index contributed by atoms with van der Waals surface area (Å²) in [4.78, 5) is 4.05. The highest BCUT2D eigenvalue weighted by Gasteiger charge is 2.55. The van der Waals surface area contributed by atoms with Crippen molar-refractivity contribution in [3.05, 3.63) is 90.5 Å². The first-order valence-corrected chi connectivity index (χ1v) is 15.6. The number of benzene rings is 3. The minimum atomic E-state index is -3.90. The Kier molecular flexibility index (Phi) is 6.06. The van der Waals surface area contributed by atoms with Gasteiger partial charge in [0.2, 0.25) is 0 Å². The summed E-state index contributed by atoms with van der Waals surface area (Å²) < 4.78 is 32.4. The van der Waals surface area contributed by atoms with E-state index in [2.05, 4.69) is 84.9 Å². The fraction of sp³-hybridized carbons (Fsp3) is 0.400. The molecule has 3 nitrogen and oxygen atoms in total. The lowest BCUT2D eigenvalue weighted by Gasteiger charge is -2.60. The first kappa shape index (κ1) is 23.3. The molecule has 3 aromatic rings. The molecule has 0 saturated heterocycles. The minimum absolute atomic E-state index is 0.0870. The Balaban J connectivity index is 1.32. The lowest BCUT2D eigenvalue weighted by Crippen LogP contribution is -2.50. The Bertz CT molecular complexity index is 1230. The van der Waals surface area contributed by atoms with Crippen molar-refractivity contribution in [1.29, 1.82) is 0 Å². The van der Waals surface area contributed by atoms with E-state index in [-0.39, 0.29) is 22.1 Å². The summed E-state index contributed by atoms with van der Waals surface area (Å²) >= 11 is 0. The van der Waals surface area contributed by atoms with Crippen LogP contribution in [-0.2, 0) is 21.0 Å². The second-order valence-electron chi connectivity index (χ2n) is 11.0. The molecule has 2 unspecified atom stereocenters. The molecule has 35 heavy (non-hydrogen) atoms. The van der Waals surface area contributed by atoms with E-state index in [0.29, 0.717) is 24.2 Å². The standard InChI is InChI=1S/C30H32O3S2/c31-35(32,33)15-14-30-19-22-16-24(20-30)29(25(17-22)21-30)23-8-7-13-28(18-23)34(26-9-3-1-4-10-26)27-11-5-2-6-12-27/h1-13,18,22,24-25,29H,14-17,19-21H2/p+1. The van der Waals surface area contributed by atoms with Gasteiger partial charge in [-0.3, -0.25) is 4.55 Å². The summed E-state index contributed by atoms with van der Waals surface area (Å²) in [6.45, 7) is 0. The van der Waals surface area contributed by atoms with Gasteiger partial charge in [0, 0.05) is 0 Å². The van der Waals surface area contributed by atoms with Crippen LogP contribution in [0.4, 0.5) is 0 Å². The molecule has 4 fully saturated rings. The minimum Gasteiger partial charge on any atom is -0.286 e. The van der Waals surface area contributed by atoms with E-state index in [4.69, 9.17) is 0 Å². The van der Waals surface area contributed by atoms with Crippen LogP contribution >= 0.6 is 0 Å². The maximum atomic E-state index is 11.5. The first-order chi connectivity index (χ1) is 16.9. The van der Waals surface area contributed by atoms with E-state index in [1.807, 2.05) is 0 Å². The summed E-state index contributed by atoms with van der Waals surface area (Å²) in [5.41, 5.74) is 1.57. The highest BCUT2D eigenvalue weighted by Crippen LogP contribution is 2.66. The van der Waals surface area contributed by atoms with E-state index in [1.54, 1.807) is 0 Å². The molecule has 2 atom stereocenters. The maximum absolute atomic E-state index is 11.5. The van der Waals surface area contributed by atoms with Crippen LogP contribution in [0.25, 0.3) is 0 Å². The van der Waals surface area contributed by atoms with Crippen molar-refractivity contribution >= 4 is 21.0 Å². The second kappa shape index (κ2) is 9.10. The Morgan fingerprint density at radius 1 is 0.771 bits per heavy atom. The van der Waals surface area contributed by atoms with Gasteiger partial charge in [0.15, 0.2) is 14.7 Å². The van der Waals surface area contributed by atoms with Gasteiger partial charge in [-0.25, -0.2) is 0 Å². The van der Waals surface area contributed by atoms with E-state index in [0.717, 1.165) is 25.2 Å². The van der Waals surface area contributed by atoms with Crippen molar-refractivity contribution in [2.45, 2.75) is 59.1 Å². The maximum Gasteiger partial charge on any atom is 0.264 e. The molecule has 0 radical (unpaired) electrons. The molecule has 0 aliphatic heterocycles. The molecule has 0 aromatic heterocycles. The van der Waals surface area contributed by atoms with E-state index >= 15 is 0 Å². The summed E-state index contributed by atoms with van der Waals surface area (Å²) in [5.74, 6) is 2.43. The number of rotatable bonds is 7. The van der Waals surface area contributed by atoms with Gasteiger partial charge in [0.25, 0.3) is 10.1 Å². The van der Waals surface area contributed by atoms with Crippen molar-refractivity contribution in [1.82, 2.24) is 0 Å². The Morgan fingerprint density at radius 2 is 1.34 bits per heavy atom. The van der Waals surface area contributed by atoms with Crippen molar-refractivity contribution in [3.63, 3.8) is 0 Å². The Morgan fingerprint density at radius 3 is 1.91 bits per heavy atom. The van der Waals surface area contributed by atoms with Crippen LogP contribution in [0.2, 0.25) is 0 Å². The molecule has 5 heteroatoms. The van der Waals surface area contributed by atoms with Crippen LogP contribution in [0.3, 0.4) is 0 Å². The summed E-state index contributed by atoms with van der Waals surface area (Å²) in [5, 5.41) is 0. The smallest absolute Gasteiger partial charge is 0.264 e. The van der Waals surface area contributed by atoms with Crippen LogP contribution < -0.4 is 0 Å². The van der Waals surface area contributed by atoms with Gasteiger partial charge in [-0.05, 0) is 110 Å². The quantitative estimate of drug-likeness (QED) is 0.279. The van der Waals surface area contributed by atoms with E-state index < -0.39 is 10.1 Å². The first-order valence-electron chi connectivity index (χ1n) is 12.8. The van der Waals surface area contributed by atoms with Gasteiger partial charge in [-0.15, -0.1) is 0 Å². The summed E-state index contributed by atoms with van der Waals surface area (Å²) in [7, 11) is -4.05. The van der Waals surface area contributed by atoms with Crippen LogP contribution in [0.5, 0.6) is 0 Å². The SMILES string of the molecule is O=S(=O)(O)CCC12CC3CC(C1)C(c1cccc([S+](c4ccccc4)c4ccccc4)c1)C(C3)C2. The number of hydrogen-bond acceptors (Lipinski definition) is 2. The molecular formula is C30H33O3S2+. The van der Waals surface area contributed by atoms with Gasteiger partial charge in [-0.1, -0.05) is 48.5 Å². The normalized spacial score (nSPS) is 29.5. The van der Waals surface area contributed by atoms with Crippen molar-refractivity contribution in [3.8, 4) is 0 Å².